The molecule has 6 rings (SSSR count). The Morgan fingerprint density at radius 1 is 0.528 bits per heavy atom. The summed E-state index contributed by atoms with van der Waals surface area (Å²) in [5, 5.41) is 13.7. The van der Waals surface area contributed by atoms with Crippen molar-refractivity contribution in [1.29, 1.82) is 0 Å². The third-order valence-corrected chi connectivity index (χ3v) is 10.3. The molecule has 0 unspecified atom stereocenters. The van der Waals surface area contributed by atoms with Crippen molar-refractivity contribution in [3.63, 3.8) is 0 Å². The lowest BCUT2D eigenvalue weighted by molar-refractivity contribution is -0.143. The lowest BCUT2D eigenvalue weighted by Crippen LogP contribution is -2.39. The SMILES string of the molecule is O=C(CNC(=O)C(c1ccccc1)c1ccccc1)NCCCCCCCCCCC(=O)OCCCCc1ccc2ccc3cccc4ccc1c2c34. The van der Waals surface area contributed by atoms with Gasteiger partial charge in [-0.3, -0.25) is 14.4 Å². The van der Waals surface area contributed by atoms with Gasteiger partial charge in [0.05, 0.1) is 19.1 Å². The van der Waals surface area contributed by atoms with Crippen LogP contribution < -0.4 is 10.6 Å². The van der Waals surface area contributed by atoms with Crippen molar-refractivity contribution in [3.05, 3.63) is 132 Å². The molecule has 0 fully saturated rings. The molecule has 0 radical (unpaired) electrons. The number of aryl methyl sites for hydroxylation is 1. The third kappa shape index (κ3) is 10.4. The van der Waals surface area contributed by atoms with Crippen molar-refractivity contribution in [3.8, 4) is 0 Å². The van der Waals surface area contributed by atoms with Crippen LogP contribution in [0.1, 0.15) is 93.2 Å². The highest BCUT2D eigenvalue weighted by molar-refractivity contribution is 6.23. The van der Waals surface area contributed by atoms with Gasteiger partial charge in [0.25, 0.3) is 0 Å². The number of carbonyl (C=O) groups is 3. The zero-order valence-corrected chi connectivity index (χ0v) is 30.8. The first-order chi connectivity index (χ1) is 26.1. The maximum atomic E-state index is 13.1. The fourth-order valence-electron chi connectivity index (χ4n) is 7.49. The summed E-state index contributed by atoms with van der Waals surface area (Å²) in [6.07, 6.45) is 11.8. The third-order valence-electron chi connectivity index (χ3n) is 10.3. The van der Waals surface area contributed by atoms with Gasteiger partial charge in [-0.05, 0) is 81.1 Å². The summed E-state index contributed by atoms with van der Waals surface area (Å²) < 4.78 is 5.54. The molecule has 0 saturated heterocycles. The Hall–Kier alpha value is -5.23. The van der Waals surface area contributed by atoms with E-state index in [1.54, 1.807) is 0 Å². The topological polar surface area (TPSA) is 84.5 Å². The Morgan fingerprint density at radius 3 is 1.79 bits per heavy atom. The number of carbonyl (C=O) groups excluding carboxylic acids is 3. The van der Waals surface area contributed by atoms with E-state index in [1.165, 1.54) is 37.9 Å². The molecule has 6 nitrogen and oxygen atoms in total. The summed E-state index contributed by atoms with van der Waals surface area (Å²) >= 11 is 0. The highest BCUT2D eigenvalue weighted by Crippen LogP contribution is 2.36. The fourth-order valence-corrected chi connectivity index (χ4v) is 7.49. The van der Waals surface area contributed by atoms with Crippen molar-refractivity contribution in [2.24, 2.45) is 0 Å². The number of amides is 2. The van der Waals surface area contributed by atoms with Gasteiger partial charge in [0.15, 0.2) is 0 Å². The molecule has 6 aromatic carbocycles. The summed E-state index contributed by atoms with van der Waals surface area (Å²) in [4.78, 5) is 37.8. The van der Waals surface area contributed by atoms with E-state index in [0.717, 1.165) is 81.8 Å². The quantitative estimate of drug-likeness (QED) is 0.0443. The molecular weight excluding hydrogens is 657 g/mol. The number of nitrogens with one attached hydrogen (secondary N) is 2. The second-order valence-electron chi connectivity index (χ2n) is 14.2. The van der Waals surface area contributed by atoms with Crippen LogP contribution in [0.5, 0.6) is 0 Å². The largest absolute Gasteiger partial charge is 0.466 e. The van der Waals surface area contributed by atoms with E-state index < -0.39 is 5.92 Å². The molecule has 0 bridgehead atoms. The average Bonchev–Trinajstić information content (AvgIpc) is 3.19. The molecular formula is C47H52N2O4. The maximum Gasteiger partial charge on any atom is 0.305 e. The Labute approximate surface area is 313 Å². The van der Waals surface area contributed by atoms with Gasteiger partial charge in [-0.1, -0.05) is 154 Å². The first-order valence-electron chi connectivity index (χ1n) is 19.5. The molecule has 6 aromatic rings. The second kappa shape index (κ2) is 19.6. The molecule has 0 aliphatic heterocycles. The Bertz CT molecular complexity index is 2000. The number of unbranched alkanes of at least 4 members (excludes halogenated alkanes) is 8. The van der Waals surface area contributed by atoms with Gasteiger partial charge in [-0.15, -0.1) is 0 Å². The van der Waals surface area contributed by atoms with Gasteiger partial charge < -0.3 is 15.4 Å². The predicted molar refractivity (Wildman–Crippen MR) is 216 cm³/mol. The average molecular weight is 709 g/mol. The van der Waals surface area contributed by atoms with Gasteiger partial charge >= 0.3 is 5.97 Å². The first-order valence-corrected chi connectivity index (χ1v) is 19.5. The molecule has 0 saturated carbocycles. The number of esters is 1. The van der Waals surface area contributed by atoms with E-state index in [0.29, 0.717) is 19.6 Å². The minimum Gasteiger partial charge on any atom is -0.466 e. The minimum absolute atomic E-state index is 0.0358. The second-order valence-corrected chi connectivity index (χ2v) is 14.2. The summed E-state index contributed by atoms with van der Waals surface area (Å²) in [6, 6.07) is 39.2. The van der Waals surface area contributed by atoms with Crippen LogP contribution in [0.15, 0.2) is 115 Å². The zero-order chi connectivity index (χ0) is 36.7. The molecule has 0 aromatic heterocycles. The Morgan fingerprint density at radius 2 is 1.11 bits per heavy atom. The van der Waals surface area contributed by atoms with Crippen molar-refractivity contribution in [2.75, 3.05) is 19.7 Å². The first kappa shape index (κ1) is 37.5. The Kier molecular flexibility index (Phi) is 13.9. The van der Waals surface area contributed by atoms with Crippen LogP contribution in [0.4, 0.5) is 0 Å². The van der Waals surface area contributed by atoms with Crippen LogP contribution in [-0.4, -0.2) is 37.5 Å². The summed E-state index contributed by atoms with van der Waals surface area (Å²) in [7, 11) is 0. The van der Waals surface area contributed by atoms with E-state index in [1.807, 2.05) is 60.7 Å². The molecule has 0 atom stereocenters. The smallest absolute Gasteiger partial charge is 0.305 e. The summed E-state index contributed by atoms with van der Waals surface area (Å²) in [6.45, 7) is 1.06. The molecule has 2 amide bonds. The van der Waals surface area contributed by atoms with Crippen LogP contribution in [0.25, 0.3) is 32.3 Å². The van der Waals surface area contributed by atoms with Gasteiger partial charge in [-0.25, -0.2) is 0 Å². The van der Waals surface area contributed by atoms with Crippen molar-refractivity contribution >= 4 is 50.1 Å². The zero-order valence-electron chi connectivity index (χ0n) is 30.8. The van der Waals surface area contributed by atoms with E-state index >= 15 is 0 Å². The van der Waals surface area contributed by atoms with E-state index in [4.69, 9.17) is 4.74 Å². The summed E-state index contributed by atoms with van der Waals surface area (Å²) in [5.74, 6) is -0.895. The highest BCUT2D eigenvalue weighted by atomic mass is 16.5. The van der Waals surface area contributed by atoms with Crippen molar-refractivity contribution < 1.29 is 19.1 Å². The van der Waals surface area contributed by atoms with Gasteiger partial charge in [0.2, 0.25) is 11.8 Å². The minimum atomic E-state index is -0.460. The lowest BCUT2D eigenvalue weighted by Gasteiger charge is -2.17. The predicted octanol–water partition coefficient (Wildman–Crippen LogP) is 10.0. The van der Waals surface area contributed by atoms with Crippen LogP contribution in [-0.2, 0) is 25.5 Å². The molecule has 274 valence electrons. The standard InChI is InChI=1S/C47H52N2O4/c50-42(34-49-47(52)45(36-19-9-7-10-20-36)37-21-11-8-12-22-37)48-32-15-6-4-2-1-3-5-13-25-43(51)53-33-16-14-18-35-26-27-40-29-28-38-23-17-24-39-30-31-41(35)46(40)44(38)39/h7-12,17,19-24,26-31,45H,1-6,13-16,18,25,32-34H2,(H,48,50)(H,49,52). The summed E-state index contributed by atoms with van der Waals surface area (Å²) in [5.41, 5.74) is 3.16. The monoisotopic (exact) mass is 708 g/mol. The van der Waals surface area contributed by atoms with E-state index in [2.05, 4.69) is 65.2 Å². The number of benzene rings is 6. The van der Waals surface area contributed by atoms with E-state index in [9.17, 15) is 14.4 Å². The van der Waals surface area contributed by atoms with Gasteiger partial charge in [0, 0.05) is 13.0 Å². The number of hydrogen-bond donors (Lipinski definition) is 2. The van der Waals surface area contributed by atoms with Crippen molar-refractivity contribution in [2.45, 2.75) is 83.0 Å². The van der Waals surface area contributed by atoms with Gasteiger partial charge in [-0.2, -0.15) is 0 Å². The molecule has 0 aliphatic carbocycles. The van der Waals surface area contributed by atoms with Crippen molar-refractivity contribution in [1.82, 2.24) is 10.6 Å². The van der Waals surface area contributed by atoms with Crippen LogP contribution in [0, 0.1) is 0 Å². The van der Waals surface area contributed by atoms with E-state index in [-0.39, 0.29) is 24.3 Å². The maximum absolute atomic E-state index is 13.1. The molecule has 0 spiro atoms. The lowest BCUT2D eigenvalue weighted by atomic mass is 9.90. The number of hydrogen-bond acceptors (Lipinski definition) is 4. The van der Waals surface area contributed by atoms with Crippen LogP contribution in [0.3, 0.4) is 0 Å². The molecule has 2 N–H and O–H groups in total. The Balaban J connectivity index is 0.759. The number of rotatable bonds is 21. The van der Waals surface area contributed by atoms with Gasteiger partial charge in [0.1, 0.15) is 0 Å². The van der Waals surface area contributed by atoms with Crippen LogP contribution >= 0.6 is 0 Å². The number of ether oxygens (including phenoxy) is 1. The molecule has 0 aliphatic rings. The molecule has 6 heteroatoms. The molecule has 53 heavy (non-hydrogen) atoms. The van der Waals surface area contributed by atoms with Crippen LogP contribution in [0.2, 0.25) is 0 Å². The normalized spacial score (nSPS) is 11.4. The molecule has 0 heterocycles. The fraction of sp³-hybridized carbons (Fsp3) is 0.340. The highest BCUT2D eigenvalue weighted by Gasteiger charge is 2.22.